The third-order valence-electron chi connectivity index (χ3n) is 3.53. The molecule has 1 aromatic carbocycles. The molecule has 8 nitrogen and oxygen atoms in total. The summed E-state index contributed by atoms with van der Waals surface area (Å²) in [5.74, 6) is 2.06. The van der Waals surface area contributed by atoms with Crippen molar-refractivity contribution in [3.05, 3.63) is 42.4 Å². The van der Waals surface area contributed by atoms with Crippen LogP contribution in [0.4, 0.5) is 10.6 Å². The van der Waals surface area contributed by atoms with Gasteiger partial charge in [-0.2, -0.15) is 0 Å². The molecule has 3 N–H and O–H groups in total. The van der Waals surface area contributed by atoms with Gasteiger partial charge in [0.05, 0.1) is 26.5 Å². The Bertz CT molecular complexity index is 681. The number of hydrogen-bond donors (Lipinski definition) is 3. The highest BCUT2D eigenvalue weighted by Crippen LogP contribution is 2.29. The first-order valence-electron chi connectivity index (χ1n) is 7.90. The Morgan fingerprint density at radius 1 is 1.20 bits per heavy atom. The number of methoxy groups -OCH3 is 2. The van der Waals surface area contributed by atoms with Gasteiger partial charge in [0, 0.05) is 31.0 Å². The zero-order valence-corrected chi connectivity index (χ0v) is 14.6. The molecule has 25 heavy (non-hydrogen) atoms. The van der Waals surface area contributed by atoms with E-state index in [1.165, 1.54) is 0 Å². The van der Waals surface area contributed by atoms with Gasteiger partial charge in [-0.05, 0) is 25.1 Å². The summed E-state index contributed by atoms with van der Waals surface area (Å²) >= 11 is 0. The fourth-order valence-electron chi connectivity index (χ4n) is 2.26. The fraction of sp³-hybridized carbons (Fsp3) is 0.353. The Labute approximate surface area is 147 Å². The summed E-state index contributed by atoms with van der Waals surface area (Å²) in [5, 5.41) is 8.73. The second-order valence-corrected chi connectivity index (χ2v) is 5.25. The van der Waals surface area contributed by atoms with Gasteiger partial charge in [0.25, 0.3) is 0 Å². The van der Waals surface area contributed by atoms with E-state index in [9.17, 15) is 4.79 Å². The summed E-state index contributed by atoms with van der Waals surface area (Å²) in [6, 6.07) is 4.97. The van der Waals surface area contributed by atoms with E-state index < -0.39 is 0 Å². The molecule has 0 aliphatic rings. The second-order valence-electron chi connectivity index (χ2n) is 5.25. The third-order valence-corrected chi connectivity index (χ3v) is 3.53. The van der Waals surface area contributed by atoms with Gasteiger partial charge in [-0.15, -0.1) is 0 Å². The highest BCUT2D eigenvalue weighted by Gasteiger charge is 2.15. The lowest BCUT2D eigenvalue weighted by molar-refractivity contribution is 0.238. The standard InChI is InChI=1S/C17H23N5O3/c1-12(14-10-13(24-2)4-5-15(14)25-3)22-17(23)21-9-8-20-16-11-18-6-7-19-16/h4-7,10-12H,8-9H2,1-3H3,(H,19,20)(H2,21,22,23)/t12-/m0/s1. The van der Waals surface area contributed by atoms with Gasteiger partial charge in [-0.3, -0.25) is 4.98 Å². The number of amides is 2. The largest absolute Gasteiger partial charge is 0.497 e. The predicted octanol–water partition coefficient (Wildman–Crippen LogP) is 1.97. The van der Waals surface area contributed by atoms with Crippen molar-refractivity contribution in [2.75, 3.05) is 32.6 Å². The van der Waals surface area contributed by atoms with Gasteiger partial charge < -0.3 is 25.4 Å². The summed E-state index contributed by atoms with van der Waals surface area (Å²) in [6.07, 6.45) is 4.83. The number of benzene rings is 1. The van der Waals surface area contributed by atoms with E-state index >= 15 is 0 Å². The summed E-state index contributed by atoms with van der Waals surface area (Å²) in [5.41, 5.74) is 0.842. The predicted molar refractivity (Wildman–Crippen MR) is 95.0 cm³/mol. The minimum absolute atomic E-state index is 0.238. The summed E-state index contributed by atoms with van der Waals surface area (Å²) in [4.78, 5) is 20.1. The molecule has 0 bridgehead atoms. The molecule has 134 valence electrons. The van der Waals surface area contributed by atoms with Gasteiger partial charge in [0.15, 0.2) is 0 Å². The second kappa shape index (κ2) is 9.31. The lowest BCUT2D eigenvalue weighted by Crippen LogP contribution is -2.39. The van der Waals surface area contributed by atoms with Crippen LogP contribution in [0.2, 0.25) is 0 Å². The molecule has 1 heterocycles. The Balaban J connectivity index is 1.81. The number of nitrogens with zero attached hydrogens (tertiary/aromatic N) is 2. The maximum Gasteiger partial charge on any atom is 0.315 e. The fourth-order valence-corrected chi connectivity index (χ4v) is 2.26. The Morgan fingerprint density at radius 2 is 2.04 bits per heavy atom. The molecule has 2 rings (SSSR count). The monoisotopic (exact) mass is 345 g/mol. The van der Waals surface area contributed by atoms with Crippen molar-refractivity contribution >= 4 is 11.8 Å². The molecule has 0 fully saturated rings. The van der Waals surface area contributed by atoms with Crippen molar-refractivity contribution in [1.29, 1.82) is 0 Å². The van der Waals surface area contributed by atoms with Crippen molar-refractivity contribution in [1.82, 2.24) is 20.6 Å². The first kappa shape index (κ1) is 18.3. The van der Waals surface area contributed by atoms with Gasteiger partial charge in [0.2, 0.25) is 0 Å². The van der Waals surface area contributed by atoms with E-state index in [2.05, 4.69) is 25.9 Å². The van der Waals surface area contributed by atoms with E-state index in [0.717, 1.165) is 5.56 Å². The molecule has 1 aromatic heterocycles. The quantitative estimate of drug-likeness (QED) is 0.633. The van der Waals surface area contributed by atoms with Crippen LogP contribution in [0.5, 0.6) is 11.5 Å². The molecule has 0 radical (unpaired) electrons. The average Bonchev–Trinajstić information content (AvgIpc) is 2.65. The van der Waals surface area contributed by atoms with Crippen LogP contribution in [0.15, 0.2) is 36.8 Å². The minimum Gasteiger partial charge on any atom is -0.497 e. The number of hydrogen-bond acceptors (Lipinski definition) is 6. The zero-order chi connectivity index (χ0) is 18.1. The van der Waals surface area contributed by atoms with Crippen LogP contribution in [-0.4, -0.2) is 43.3 Å². The van der Waals surface area contributed by atoms with Crippen molar-refractivity contribution in [2.24, 2.45) is 0 Å². The average molecular weight is 345 g/mol. The molecular weight excluding hydrogens is 322 g/mol. The summed E-state index contributed by atoms with van der Waals surface area (Å²) in [7, 11) is 3.19. The number of urea groups is 1. The molecule has 1 atom stereocenters. The first-order valence-corrected chi connectivity index (χ1v) is 7.90. The number of anilines is 1. The Morgan fingerprint density at radius 3 is 2.72 bits per heavy atom. The van der Waals surface area contributed by atoms with Gasteiger partial charge in [-0.25, -0.2) is 9.78 Å². The van der Waals surface area contributed by atoms with Crippen LogP contribution in [0.3, 0.4) is 0 Å². The smallest absolute Gasteiger partial charge is 0.315 e. The van der Waals surface area contributed by atoms with Crippen LogP contribution in [0.1, 0.15) is 18.5 Å². The molecular formula is C17H23N5O3. The van der Waals surface area contributed by atoms with E-state index in [4.69, 9.17) is 9.47 Å². The highest BCUT2D eigenvalue weighted by atomic mass is 16.5. The number of rotatable bonds is 8. The highest BCUT2D eigenvalue weighted by molar-refractivity contribution is 5.74. The SMILES string of the molecule is COc1ccc(OC)c([C@H](C)NC(=O)NCCNc2cnccn2)c1. The molecule has 0 saturated carbocycles. The van der Waals surface area contributed by atoms with Crippen molar-refractivity contribution in [2.45, 2.75) is 13.0 Å². The van der Waals surface area contributed by atoms with Crippen LogP contribution >= 0.6 is 0 Å². The van der Waals surface area contributed by atoms with Crippen LogP contribution in [0, 0.1) is 0 Å². The molecule has 0 spiro atoms. The molecule has 0 aliphatic heterocycles. The van der Waals surface area contributed by atoms with Crippen LogP contribution in [0.25, 0.3) is 0 Å². The Kier molecular flexibility index (Phi) is 6.82. The minimum atomic E-state index is -0.265. The van der Waals surface area contributed by atoms with Crippen LogP contribution < -0.4 is 25.4 Å². The Hall–Kier alpha value is -3.03. The van der Waals surface area contributed by atoms with E-state index in [0.29, 0.717) is 30.4 Å². The first-order chi connectivity index (χ1) is 12.1. The molecule has 2 amide bonds. The van der Waals surface area contributed by atoms with Crippen LogP contribution in [-0.2, 0) is 0 Å². The summed E-state index contributed by atoms with van der Waals surface area (Å²) in [6.45, 7) is 2.88. The number of ether oxygens (including phenoxy) is 2. The topological polar surface area (TPSA) is 97.4 Å². The number of nitrogens with one attached hydrogen (secondary N) is 3. The van der Waals surface area contributed by atoms with Crippen molar-refractivity contribution < 1.29 is 14.3 Å². The number of carbonyl (C=O) groups excluding carboxylic acids is 1. The van der Waals surface area contributed by atoms with Crippen molar-refractivity contribution in [3.63, 3.8) is 0 Å². The lowest BCUT2D eigenvalue weighted by atomic mass is 10.1. The molecule has 0 aliphatic carbocycles. The normalized spacial score (nSPS) is 11.3. The third kappa shape index (κ3) is 5.52. The lowest BCUT2D eigenvalue weighted by Gasteiger charge is -2.18. The molecule has 8 heteroatoms. The maximum atomic E-state index is 12.0. The maximum absolute atomic E-state index is 12.0. The summed E-state index contributed by atoms with van der Waals surface area (Å²) < 4.78 is 10.6. The van der Waals surface area contributed by atoms with Gasteiger partial charge >= 0.3 is 6.03 Å². The van der Waals surface area contributed by atoms with E-state index in [1.807, 2.05) is 25.1 Å². The van der Waals surface area contributed by atoms with Crippen molar-refractivity contribution in [3.8, 4) is 11.5 Å². The zero-order valence-electron chi connectivity index (χ0n) is 14.6. The number of aromatic nitrogens is 2. The van der Waals surface area contributed by atoms with Gasteiger partial charge in [-0.1, -0.05) is 0 Å². The molecule has 0 saturated heterocycles. The molecule has 2 aromatic rings. The number of carbonyl (C=O) groups is 1. The van der Waals surface area contributed by atoms with Gasteiger partial charge in [0.1, 0.15) is 17.3 Å². The molecule has 0 unspecified atom stereocenters. The van der Waals surface area contributed by atoms with E-state index in [1.54, 1.807) is 32.8 Å². The van der Waals surface area contributed by atoms with E-state index in [-0.39, 0.29) is 12.1 Å².